The van der Waals surface area contributed by atoms with Gasteiger partial charge in [0.1, 0.15) is 0 Å². The molecule has 0 bridgehead atoms. The zero-order chi connectivity index (χ0) is 25.2. The maximum atomic E-state index is 13.5. The lowest BCUT2D eigenvalue weighted by atomic mass is 10.1. The van der Waals surface area contributed by atoms with Gasteiger partial charge in [-0.3, -0.25) is 19.3 Å². The monoisotopic (exact) mass is 544 g/mol. The molecule has 1 aliphatic rings. The maximum Gasteiger partial charge on any atom is 0.270 e. The second-order valence-electron chi connectivity index (χ2n) is 8.57. The smallest absolute Gasteiger partial charge is 0.270 e. The number of halogens is 2. The first-order valence-corrected chi connectivity index (χ1v) is 13.1. The van der Waals surface area contributed by atoms with E-state index >= 15 is 0 Å². The molecule has 186 valence electrons. The standard InChI is InChI=1S/C25H22Cl2N4O4S/c26-17-5-3-16(4-6-17)23-14-30-19(15-36-25(30)28-23)9-10-29(13-20-2-1-11-35-20)24(32)21-8-7-18(31(33)34)12-22(21)27/h3-8,12,14-15,20H,1-2,9-11,13H2. The molecule has 0 saturated carbocycles. The Morgan fingerprint density at radius 2 is 2.06 bits per heavy atom. The van der Waals surface area contributed by atoms with Crippen LogP contribution in [0.3, 0.4) is 0 Å². The summed E-state index contributed by atoms with van der Waals surface area (Å²) in [5, 5.41) is 13.8. The van der Waals surface area contributed by atoms with Gasteiger partial charge in [-0.25, -0.2) is 4.98 Å². The molecule has 3 heterocycles. The van der Waals surface area contributed by atoms with E-state index in [0.717, 1.165) is 34.8 Å². The number of non-ortho nitro benzene ring substituents is 1. The number of carbonyl (C=O) groups excluding carboxylic acids is 1. The molecule has 5 rings (SSSR count). The number of rotatable bonds is 8. The molecule has 4 aromatic rings. The van der Waals surface area contributed by atoms with Gasteiger partial charge in [0.15, 0.2) is 4.96 Å². The summed E-state index contributed by atoms with van der Waals surface area (Å²) in [5.74, 6) is -0.274. The van der Waals surface area contributed by atoms with Gasteiger partial charge in [-0.2, -0.15) is 0 Å². The molecule has 2 aromatic heterocycles. The van der Waals surface area contributed by atoms with Gasteiger partial charge in [0.25, 0.3) is 11.6 Å². The Balaban J connectivity index is 1.37. The molecule has 1 aliphatic heterocycles. The first-order chi connectivity index (χ1) is 17.4. The predicted molar refractivity (Wildman–Crippen MR) is 140 cm³/mol. The van der Waals surface area contributed by atoms with Crippen molar-refractivity contribution in [1.82, 2.24) is 14.3 Å². The molecular formula is C25H22Cl2N4O4S. The zero-order valence-electron chi connectivity index (χ0n) is 19.1. The van der Waals surface area contributed by atoms with Crippen LogP contribution in [0, 0.1) is 10.1 Å². The fraction of sp³-hybridized carbons (Fsp3) is 0.280. The van der Waals surface area contributed by atoms with Crippen LogP contribution in [-0.2, 0) is 11.2 Å². The molecule has 2 aromatic carbocycles. The fourth-order valence-corrected chi connectivity index (χ4v) is 5.58. The van der Waals surface area contributed by atoms with Crippen LogP contribution in [0.4, 0.5) is 5.69 Å². The van der Waals surface area contributed by atoms with E-state index in [1.807, 2.05) is 40.2 Å². The van der Waals surface area contributed by atoms with E-state index in [-0.39, 0.29) is 28.3 Å². The molecular weight excluding hydrogens is 523 g/mol. The predicted octanol–water partition coefficient (Wildman–Crippen LogP) is 6.14. The second kappa shape index (κ2) is 10.6. The highest BCUT2D eigenvalue weighted by Crippen LogP contribution is 2.27. The molecule has 1 unspecified atom stereocenters. The summed E-state index contributed by atoms with van der Waals surface area (Å²) in [6.45, 7) is 1.55. The highest BCUT2D eigenvalue weighted by atomic mass is 35.5. The minimum absolute atomic E-state index is 0.0435. The Kier molecular flexibility index (Phi) is 7.25. The van der Waals surface area contributed by atoms with E-state index in [2.05, 4.69) is 0 Å². The Labute approximate surface area is 221 Å². The van der Waals surface area contributed by atoms with E-state index in [1.54, 1.807) is 16.2 Å². The SMILES string of the molecule is O=C(c1ccc([N+](=O)[O-])cc1Cl)N(CCc1csc2nc(-c3ccc(Cl)cc3)cn12)CC1CCCO1. The van der Waals surface area contributed by atoms with Crippen LogP contribution in [0.1, 0.15) is 28.9 Å². The van der Waals surface area contributed by atoms with Crippen molar-refractivity contribution in [2.75, 3.05) is 19.7 Å². The van der Waals surface area contributed by atoms with E-state index in [4.69, 9.17) is 32.9 Å². The van der Waals surface area contributed by atoms with Crippen LogP contribution in [0.5, 0.6) is 0 Å². The highest BCUT2D eigenvalue weighted by Gasteiger charge is 2.26. The van der Waals surface area contributed by atoms with Gasteiger partial charge in [0.2, 0.25) is 0 Å². The summed E-state index contributed by atoms with van der Waals surface area (Å²) in [5.41, 5.74) is 2.94. The molecule has 8 nitrogen and oxygen atoms in total. The number of carbonyl (C=O) groups is 1. The van der Waals surface area contributed by atoms with E-state index in [9.17, 15) is 14.9 Å². The van der Waals surface area contributed by atoms with Gasteiger partial charge in [-0.1, -0.05) is 35.3 Å². The van der Waals surface area contributed by atoms with Crippen molar-refractivity contribution >= 4 is 51.1 Å². The summed E-state index contributed by atoms with van der Waals surface area (Å²) >= 11 is 13.8. The normalized spacial score (nSPS) is 15.4. The number of hydrogen-bond donors (Lipinski definition) is 0. The molecule has 0 aliphatic carbocycles. The number of nitrogens with zero attached hydrogens (tertiary/aromatic N) is 4. The van der Waals surface area contributed by atoms with Crippen LogP contribution in [-0.4, -0.2) is 50.9 Å². The quantitative estimate of drug-likeness (QED) is 0.196. The fourth-order valence-electron chi connectivity index (χ4n) is 4.29. The minimum Gasteiger partial charge on any atom is -0.376 e. The van der Waals surface area contributed by atoms with Gasteiger partial charge >= 0.3 is 0 Å². The maximum absolute atomic E-state index is 13.5. The van der Waals surface area contributed by atoms with Gasteiger partial charge in [0.05, 0.1) is 27.3 Å². The van der Waals surface area contributed by atoms with E-state index in [0.29, 0.717) is 31.1 Å². The molecule has 36 heavy (non-hydrogen) atoms. The molecule has 1 saturated heterocycles. The number of benzene rings is 2. The molecule has 0 spiro atoms. The number of ether oxygens (including phenoxy) is 1. The highest BCUT2D eigenvalue weighted by molar-refractivity contribution is 7.15. The number of imidazole rings is 1. The van der Waals surface area contributed by atoms with Crippen LogP contribution >= 0.6 is 34.5 Å². The van der Waals surface area contributed by atoms with Gasteiger partial charge < -0.3 is 9.64 Å². The molecule has 0 radical (unpaired) electrons. The average Bonchev–Trinajstić information content (AvgIpc) is 3.60. The zero-order valence-corrected chi connectivity index (χ0v) is 21.4. The van der Waals surface area contributed by atoms with Crippen molar-refractivity contribution in [1.29, 1.82) is 0 Å². The third-order valence-electron chi connectivity index (χ3n) is 6.19. The van der Waals surface area contributed by atoms with Crippen molar-refractivity contribution in [2.45, 2.75) is 25.4 Å². The number of amides is 1. The lowest BCUT2D eigenvalue weighted by Crippen LogP contribution is -2.39. The molecule has 1 amide bonds. The largest absolute Gasteiger partial charge is 0.376 e. The first-order valence-electron chi connectivity index (χ1n) is 11.5. The summed E-state index contributed by atoms with van der Waals surface area (Å²) in [7, 11) is 0. The van der Waals surface area contributed by atoms with Crippen molar-refractivity contribution < 1.29 is 14.5 Å². The third-order valence-corrected chi connectivity index (χ3v) is 7.64. The lowest BCUT2D eigenvalue weighted by molar-refractivity contribution is -0.384. The number of nitro groups is 1. The Hall–Kier alpha value is -2.98. The Morgan fingerprint density at radius 1 is 1.25 bits per heavy atom. The van der Waals surface area contributed by atoms with E-state index < -0.39 is 4.92 Å². The van der Waals surface area contributed by atoms with Crippen LogP contribution in [0.2, 0.25) is 10.0 Å². The molecule has 1 atom stereocenters. The number of aromatic nitrogens is 2. The molecule has 0 N–H and O–H groups in total. The van der Waals surface area contributed by atoms with Crippen molar-refractivity contribution in [3.63, 3.8) is 0 Å². The first kappa shape index (κ1) is 24.7. The Morgan fingerprint density at radius 3 is 2.75 bits per heavy atom. The lowest BCUT2D eigenvalue weighted by Gasteiger charge is -2.26. The topological polar surface area (TPSA) is 90.0 Å². The summed E-state index contributed by atoms with van der Waals surface area (Å²) in [6, 6.07) is 11.5. The summed E-state index contributed by atoms with van der Waals surface area (Å²) < 4.78 is 7.82. The number of fused-ring (bicyclic) bond motifs is 1. The third kappa shape index (κ3) is 5.24. The van der Waals surface area contributed by atoms with E-state index in [1.165, 1.54) is 18.2 Å². The van der Waals surface area contributed by atoms with Gasteiger partial charge in [-0.15, -0.1) is 11.3 Å². The number of thiazole rings is 1. The number of nitro benzene ring substituents is 1. The molecule has 1 fully saturated rings. The van der Waals surface area contributed by atoms with Crippen molar-refractivity contribution in [3.05, 3.63) is 85.5 Å². The minimum atomic E-state index is -0.532. The van der Waals surface area contributed by atoms with Crippen molar-refractivity contribution in [2.24, 2.45) is 0 Å². The van der Waals surface area contributed by atoms with Crippen LogP contribution < -0.4 is 0 Å². The Bertz CT molecular complexity index is 1410. The van der Waals surface area contributed by atoms with Gasteiger partial charge in [0, 0.05) is 66.1 Å². The van der Waals surface area contributed by atoms with Crippen molar-refractivity contribution in [3.8, 4) is 11.3 Å². The number of hydrogen-bond acceptors (Lipinski definition) is 6. The summed E-state index contributed by atoms with van der Waals surface area (Å²) in [6.07, 6.45) is 4.38. The molecule has 11 heteroatoms. The van der Waals surface area contributed by atoms with Crippen LogP contribution in [0.25, 0.3) is 16.2 Å². The van der Waals surface area contributed by atoms with Crippen LogP contribution in [0.15, 0.2) is 54.0 Å². The summed E-state index contributed by atoms with van der Waals surface area (Å²) in [4.78, 5) is 31.3. The van der Waals surface area contributed by atoms with Gasteiger partial charge in [-0.05, 0) is 31.0 Å². The average molecular weight is 545 g/mol. The second-order valence-corrected chi connectivity index (χ2v) is 10.3.